The summed E-state index contributed by atoms with van der Waals surface area (Å²) in [6.45, 7) is 1.75. The van der Waals surface area contributed by atoms with Gasteiger partial charge >= 0.3 is 5.69 Å². The Hall–Kier alpha value is -1.47. The minimum atomic E-state index is -1.69. The second-order valence-corrected chi connectivity index (χ2v) is 3.93. The molecule has 2 rings (SSSR count). The van der Waals surface area contributed by atoms with Crippen molar-refractivity contribution >= 4 is 0 Å². The van der Waals surface area contributed by atoms with E-state index in [1.54, 1.807) is 6.92 Å². The molecule has 0 amide bonds. The zero-order chi connectivity index (χ0) is 12.6. The fourth-order valence-corrected chi connectivity index (χ4v) is 1.89. The maximum Gasteiger partial charge on any atom is 0.330 e. The summed E-state index contributed by atoms with van der Waals surface area (Å²) in [6, 6.07) is 1.10. The van der Waals surface area contributed by atoms with Crippen molar-refractivity contribution in [1.29, 1.82) is 0 Å². The van der Waals surface area contributed by atoms with E-state index in [4.69, 9.17) is 4.74 Å². The third-order valence-electron chi connectivity index (χ3n) is 2.82. The molecule has 0 spiro atoms. The Balaban J connectivity index is 2.35. The van der Waals surface area contributed by atoms with E-state index in [9.17, 15) is 19.1 Å². The molecule has 17 heavy (non-hydrogen) atoms. The third kappa shape index (κ3) is 2.03. The van der Waals surface area contributed by atoms with E-state index >= 15 is 0 Å². The molecular weight excluding hydrogens is 231 g/mol. The summed E-state index contributed by atoms with van der Waals surface area (Å²) in [5.74, 6) is 0. The number of H-pyrrole nitrogens is 1. The number of hydrogen-bond donors (Lipinski definition) is 2. The van der Waals surface area contributed by atoms with Crippen LogP contribution in [0.1, 0.15) is 19.6 Å². The molecule has 6 nitrogen and oxygen atoms in total. The average Bonchev–Trinajstić information content (AvgIpc) is 2.57. The number of rotatable bonds is 2. The topological polar surface area (TPSA) is 84.3 Å². The monoisotopic (exact) mass is 244 g/mol. The van der Waals surface area contributed by atoms with Crippen LogP contribution in [0.3, 0.4) is 0 Å². The molecular formula is C10H13FN2O4. The molecule has 1 saturated heterocycles. The molecule has 1 aliphatic rings. The summed E-state index contributed by atoms with van der Waals surface area (Å²) < 4.78 is 20.0. The van der Waals surface area contributed by atoms with Crippen molar-refractivity contribution in [2.75, 3.05) is 0 Å². The number of aliphatic hydroxyl groups excluding tert-OH is 1. The first-order chi connectivity index (χ1) is 8.04. The number of ether oxygens (including phenoxy) is 1. The fourth-order valence-electron chi connectivity index (χ4n) is 1.89. The smallest absolute Gasteiger partial charge is 0.330 e. The lowest BCUT2D eigenvalue weighted by molar-refractivity contribution is -0.0280. The zero-order valence-corrected chi connectivity index (χ0v) is 9.17. The Morgan fingerprint density at radius 2 is 2.29 bits per heavy atom. The maximum atomic E-state index is 13.8. The van der Waals surface area contributed by atoms with Crippen molar-refractivity contribution in [2.24, 2.45) is 0 Å². The van der Waals surface area contributed by atoms with E-state index in [0.29, 0.717) is 6.42 Å². The minimum Gasteiger partial charge on any atom is -0.387 e. The first-order valence-corrected chi connectivity index (χ1v) is 5.33. The summed E-state index contributed by atoms with van der Waals surface area (Å²) in [7, 11) is 0. The van der Waals surface area contributed by atoms with E-state index in [1.807, 2.05) is 4.98 Å². The molecule has 0 aliphatic carbocycles. The second-order valence-electron chi connectivity index (χ2n) is 3.93. The lowest BCUT2D eigenvalue weighted by Crippen LogP contribution is -2.35. The van der Waals surface area contributed by atoms with Gasteiger partial charge in [-0.2, -0.15) is 0 Å². The van der Waals surface area contributed by atoms with Gasteiger partial charge in [-0.15, -0.1) is 0 Å². The predicted molar refractivity (Wildman–Crippen MR) is 56.4 cm³/mol. The second kappa shape index (κ2) is 4.42. The Morgan fingerprint density at radius 3 is 2.82 bits per heavy atom. The zero-order valence-electron chi connectivity index (χ0n) is 9.17. The number of aromatic amines is 1. The van der Waals surface area contributed by atoms with Gasteiger partial charge in [-0.1, -0.05) is 6.92 Å². The summed E-state index contributed by atoms with van der Waals surface area (Å²) in [6.07, 6.45) is -3.19. The molecule has 2 N–H and O–H groups in total. The molecule has 2 heterocycles. The van der Waals surface area contributed by atoms with Gasteiger partial charge in [0.1, 0.15) is 6.10 Å². The van der Waals surface area contributed by atoms with Crippen LogP contribution >= 0.6 is 0 Å². The van der Waals surface area contributed by atoms with Crippen LogP contribution in [0.15, 0.2) is 21.9 Å². The fraction of sp³-hybridized carbons (Fsp3) is 0.600. The van der Waals surface area contributed by atoms with Crippen LogP contribution in [-0.4, -0.2) is 33.0 Å². The third-order valence-corrected chi connectivity index (χ3v) is 2.82. The summed E-state index contributed by atoms with van der Waals surface area (Å²) in [5, 5.41) is 9.55. The van der Waals surface area contributed by atoms with Gasteiger partial charge in [-0.05, 0) is 6.42 Å². The van der Waals surface area contributed by atoms with E-state index in [2.05, 4.69) is 0 Å². The van der Waals surface area contributed by atoms with Crippen LogP contribution in [0.2, 0.25) is 0 Å². The largest absolute Gasteiger partial charge is 0.387 e. The Kier molecular flexibility index (Phi) is 3.12. The van der Waals surface area contributed by atoms with Gasteiger partial charge in [0.15, 0.2) is 12.4 Å². The number of nitrogens with zero attached hydrogens (tertiary/aromatic N) is 1. The number of halogens is 1. The molecule has 1 aliphatic heterocycles. The first-order valence-electron chi connectivity index (χ1n) is 5.33. The number of aromatic nitrogens is 2. The highest BCUT2D eigenvalue weighted by Crippen LogP contribution is 2.31. The van der Waals surface area contributed by atoms with Crippen molar-refractivity contribution in [2.45, 2.75) is 38.0 Å². The van der Waals surface area contributed by atoms with Gasteiger partial charge < -0.3 is 9.84 Å². The first kappa shape index (κ1) is 12.0. The molecule has 0 aromatic carbocycles. The molecule has 0 radical (unpaired) electrons. The lowest BCUT2D eigenvalue weighted by Gasteiger charge is -2.15. The van der Waals surface area contributed by atoms with E-state index in [1.165, 1.54) is 0 Å². The van der Waals surface area contributed by atoms with E-state index in [-0.39, 0.29) is 0 Å². The minimum absolute atomic E-state index is 0.441. The molecule has 0 unspecified atom stereocenters. The van der Waals surface area contributed by atoms with Crippen LogP contribution in [0, 0.1) is 0 Å². The number of alkyl halides is 1. The molecule has 7 heteroatoms. The molecule has 4 atom stereocenters. The van der Waals surface area contributed by atoms with Gasteiger partial charge in [0.25, 0.3) is 5.56 Å². The van der Waals surface area contributed by atoms with Crippen molar-refractivity contribution in [1.82, 2.24) is 9.55 Å². The Bertz CT molecular complexity index is 512. The highest BCUT2D eigenvalue weighted by Gasteiger charge is 2.44. The van der Waals surface area contributed by atoms with Crippen LogP contribution < -0.4 is 11.2 Å². The van der Waals surface area contributed by atoms with E-state index < -0.39 is 35.9 Å². The van der Waals surface area contributed by atoms with Crippen LogP contribution in [0.25, 0.3) is 0 Å². The number of hydrogen-bond acceptors (Lipinski definition) is 4. The van der Waals surface area contributed by atoms with E-state index in [0.717, 1.165) is 16.8 Å². The standard InChI is InChI=1S/C10H13FN2O4/c1-2-5-8(15)7(11)9(17-5)13-4-3-6(14)12-10(13)16/h3-5,7-9,15H,2H2,1H3,(H,12,14,16)/t5-,7-,8+,9-/m1/s1. The molecule has 94 valence electrons. The van der Waals surface area contributed by atoms with Crippen molar-refractivity contribution in [3.8, 4) is 0 Å². The normalized spacial score (nSPS) is 32.9. The Morgan fingerprint density at radius 1 is 1.59 bits per heavy atom. The molecule has 0 saturated carbocycles. The van der Waals surface area contributed by atoms with Crippen molar-refractivity contribution in [3.05, 3.63) is 33.1 Å². The van der Waals surface area contributed by atoms with Gasteiger partial charge in [-0.25, -0.2) is 9.18 Å². The van der Waals surface area contributed by atoms with Gasteiger partial charge in [0.2, 0.25) is 0 Å². The quantitative estimate of drug-likeness (QED) is 0.737. The number of aliphatic hydroxyl groups is 1. The average molecular weight is 244 g/mol. The molecule has 1 aromatic rings. The molecule has 1 aromatic heterocycles. The molecule has 0 bridgehead atoms. The van der Waals surface area contributed by atoms with Gasteiger partial charge in [-0.3, -0.25) is 14.3 Å². The van der Waals surface area contributed by atoms with Crippen molar-refractivity contribution < 1.29 is 14.2 Å². The highest BCUT2D eigenvalue weighted by molar-refractivity contribution is 4.92. The predicted octanol–water partition coefficient (Wildman–Crippen LogP) is -0.457. The van der Waals surface area contributed by atoms with Crippen LogP contribution in [0.4, 0.5) is 4.39 Å². The molecule has 1 fully saturated rings. The lowest BCUT2D eigenvalue weighted by atomic mass is 10.1. The van der Waals surface area contributed by atoms with Gasteiger partial charge in [0.05, 0.1) is 6.10 Å². The highest BCUT2D eigenvalue weighted by atomic mass is 19.1. The SMILES string of the molecule is CC[C@H]1O[C@@H](n2ccc(=O)[nH]c2=O)[C@H](F)[C@H]1O. The number of nitrogens with one attached hydrogen (secondary N) is 1. The van der Waals surface area contributed by atoms with Crippen LogP contribution in [-0.2, 0) is 4.74 Å². The van der Waals surface area contributed by atoms with Crippen LogP contribution in [0.5, 0.6) is 0 Å². The maximum absolute atomic E-state index is 13.8. The summed E-state index contributed by atoms with van der Waals surface area (Å²) >= 11 is 0. The Labute approximate surface area is 95.7 Å². The van der Waals surface area contributed by atoms with Crippen molar-refractivity contribution in [3.63, 3.8) is 0 Å². The summed E-state index contributed by atoms with van der Waals surface area (Å²) in [4.78, 5) is 24.3. The van der Waals surface area contributed by atoms with Gasteiger partial charge in [0, 0.05) is 12.3 Å². The summed E-state index contributed by atoms with van der Waals surface area (Å²) in [5.41, 5.74) is -1.32.